The van der Waals surface area contributed by atoms with Crippen molar-refractivity contribution in [1.82, 2.24) is 10.2 Å². The maximum atomic E-state index is 11.8. The Labute approximate surface area is 124 Å². The third-order valence-electron chi connectivity index (χ3n) is 3.00. The predicted molar refractivity (Wildman–Crippen MR) is 82.0 cm³/mol. The molecule has 0 aliphatic heterocycles. The molecule has 1 N–H and O–H groups in total. The van der Waals surface area contributed by atoms with Crippen LogP contribution in [0.5, 0.6) is 0 Å². The van der Waals surface area contributed by atoms with E-state index in [1.165, 1.54) is 0 Å². The first kappa shape index (κ1) is 19.2. The van der Waals surface area contributed by atoms with Gasteiger partial charge in [-0.1, -0.05) is 0 Å². The van der Waals surface area contributed by atoms with E-state index in [1.54, 1.807) is 19.1 Å². The van der Waals surface area contributed by atoms with Crippen LogP contribution in [0.15, 0.2) is 0 Å². The molecule has 120 valence electrons. The van der Waals surface area contributed by atoms with Gasteiger partial charge in [-0.15, -0.1) is 0 Å². The summed E-state index contributed by atoms with van der Waals surface area (Å²) >= 11 is 0. The molecule has 0 aliphatic rings. The van der Waals surface area contributed by atoms with Crippen molar-refractivity contribution in [3.63, 3.8) is 0 Å². The van der Waals surface area contributed by atoms with Crippen molar-refractivity contribution in [3.05, 3.63) is 0 Å². The third-order valence-corrected chi connectivity index (χ3v) is 3.00. The molecule has 0 radical (unpaired) electrons. The van der Waals surface area contributed by atoms with Gasteiger partial charge in [0.25, 0.3) is 0 Å². The van der Waals surface area contributed by atoms with Crippen LogP contribution in [-0.2, 0) is 9.47 Å². The van der Waals surface area contributed by atoms with E-state index in [0.717, 1.165) is 13.0 Å². The minimum Gasteiger partial charge on any atom is -0.444 e. The number of carbonyl (C=O) groups is 1. The van der Waals surface area contributed by atoms with Crippen molar-refractivity contribution >= 4 is 6.09 Å². The van der Waals surface area contributed by atoms with Crippen molar-refractivity contribution in [2.75, 3.05) is 27.2 Å². The van der Waals surface area contributed by atoms with E-state index in [0.29, 0.717) is 12.6 Å². The van der Waals surface area contributed by atoms with Crippen molar-refractivity contribution in [2.24, 2.45) is 0 Å². The van der Waals surface area contributed by atoms with Crippen LogP contribution in [0.4, 0.5) is 4.79 Å². The largest absolute Gasteiger partial charge is 0.444 e. The molecule has 1 unspecified atom stereocenters. The van der Waals surface area contributed by atoms with E-state index in [-0.39, 0.29) is 11.7 Å². The van der Waals surface area contributed by atoms with Crippen molar-refractivity contribution in [3.8, 4) is 0 Å². The molecule has 1 amide bonds. The van der Waals surface area contributed by atoms with Gasteiger partial charge in [-0.3, -0.25) is 0 Å². The molecule has 0 aromatic carbocycles. The molecule has 0 spiro atoms. The van der Waals surface area contributed by atoms with Crippen LogP contribution >= 0.6 is 0 Å². The van der Waals surface area contributed by atoms with Crippen LogP contribution in [-0.4, -0.2) is 55.5 Å². The summed E-state index contributed by atoms with van der Waals surface area (Å²) in [7, 11) is 3.47. The maximum Gasteiger partial charge on any atom is 0.410 e. The van der Waals surface area contributed by atoms with Crippen LogP contribution in [0.25, 0.3) is 0 Å². The normalized spacial score (nSPS) is 14.0. The average molecular weight is 288 g/mol. The fourth-order valence-electron chi connectivity index (χ4n) is 1.80. The second-order valence-corrected chi connectivity index (χ2v) is 6.93. The Bertz CT molecular complexity index is 298. The molecule has 20 heavy (non-hydrogen) atoms. The van der Waals surface area contributed by atoms with Gasteiger partial charge in [0.05, 0.1) is 5.60 Å². The molecule has 0 saturated carbocycles. The lowest BCUT2D eigenvalue weighted by molar-refractivity contribution is 0.00799. The number of nitrogens with zero attached hydrogens (tertiary/aromatic N) is 1. The van der Waals surface area contributed by atoms with Gasteiger partial charge in [-0.25, -0.2) is 4.79 Å². The van der Waals surface area contributed by atoms with Gasteiger partial charge in [0.2, 0.25) is 0 Å². The standard InChI is InChI=1S/C15H32N2O3/c1-12(11-15(5,6)19-8)16-9-10-17(7)13(18)20-14(2,3)4/h12,16H,9-11H2,1-8H3. The summed E-state index contributed by atoms with van der Waals surface area (Å²) in [6, 6.07) is 0.331. The highest BCUT2D eigenvalue weighted by molar-refractivity contribution is 5.67. The molecular formula is C15H32N2O3. The smallest absolute Gasteiger partial charge is 0.410 e. The summed E-state index contributed by atoms with van der Waals surface area (Å²) in [6.45, 7) is 13.2. The molecule has 0 aliphatic carbocycles. The molecule has 0 aromatic rings. The minimum absolute atomic E-state index is 0.135. The Hall–Kier alpha value is -0.810. The highest BCUT2D eigenvalue weighted by Crippen LogP contribution is 2.15. The zero-order valence-electron chi connectivity index (χ0n) is 14.4. The summed E-state index contributed by atoms with van der Waals surface area (Å²) in [5, 5.41) is 3.39. The van der Waals surface area contributed by atoms with Crippen LogP contribution in [0, 0.1) is 0 Å². The lowest BCUT2D eigenvalue weighted by atomic mass is 10.00. The molecule has 0 heterocycles. The molecular weight excluding hydrogens is 256 g/mol. The number of ether oxygens (including phenoxy) is 2. The molecule has 0 fully saturated rings. The predicted octanol–water partition coefficient (Wildman–Crippen LogP) is 2.65. The van der Waals surface area contributed by atoms with E-state index in [2.05, 4.69) is 26.1 Å². The highest BCUT2D eigenvalue weighted by atomic mass is 16.6. The highest BCUT2D eigenvalue weighted by Gasteiger charge is 2.21. The SMILES string of the molecule is COC(C)(C)CC(C)NCCN(C)C(=O)OC(C)(C)C. The summed E-state index contributed by atoms with van der Waals surface area (Å²) in [5.74, 6) is 0. The zero-order chi connectivity index (χ0) is 16.0. The number of methoxy groups -OCH3 is 1. The topological polar surface area (TPSA) is 50.8 Å². The molecule has 0 rings (SSSR count). The van der Waals surface area contributed by atoms with Crippen LogP contribution < -0.4 is 5.32 Å². The first-order valence-electron chi connectivity index (χ1n) is 7.19. The average Bonchev–Trinajstić information content (AvgIpc) is 2.25. The van der Waals surface area contributed by atoms with Gasteiger partial charge in [-0.05, 0) is 48.0 Å². The van der Waals surface area contributed by atoms with Crippen molar-refractivity contribution in [1.29, 1.82) is 0 Å². The van der Waals surface area contributed by atoms with Gasteiger partial charge < -0.3 is 19.7 Å². The van der Waals surface area contributed by atoms with Crippen LogP contribution in [0.2, 0.25) is 0 Å². The van der Waals surface area contributed by atoms with Crippen molar-refractivity contribution in [2.45, 2.75) is 65.2 Å². The van der Waals surface area contributed by atoms with E-state index in [1.807, 2.05) is 20.8 Å². The maximum absolute atomic E-state index is 11.8. The fraction of sp³-hybridized carbons (Fsp3) is 0.933. The number of rotatable bonds is 7. The quantitative estimate of drug-likeness (QED) is 0.782. The molecule has 0 bridgehead atoms. The number of likely N-dealkylation sites (N-methyl/N-ethyl adjacent to an activating group) is 1. The number of carbonyl (C=O) groups excluding carboxylic acids is 1. The molecule has 1 atom stereocenters. The molecule has 0 saturated heterocycles. The van der Waals surface area contributed by atoms with E-state index in [9.17, 15) is 4.79 Å². The van der Waals surface area contributed by atoms with Gasteiger partial charge in [0.1, 0.15) is 5.60 Å². The molecule has 5 nitrogen and oxygen atoms in total. The first-order valence-corrected chi connectivity index (χ1v) is 7.19. The molecule has 0 aromatic heterocycles. The van der Waals surface area contributed by atoms with E-state index >= 15 is 0 Å². The number of nitrogens with one attached hydrogen (secondary N) is 1. The summed E-state index contributed by atoms with van der Waals surface area (Å²) in [4.78, 5) is 13.4. The van der Waals surface area contributed by atoms with Gasteiger partial charge >= 0.3 is 6.09 Å². The van der Waals surface area contributed by atoms with Crippen LogP contribution in [0.1, 0.15) is 48.0 Å². The van der Waals surface area contributed by atoms with Gasteiger partial charge in [0.15, 0.2) is 0 Å². The lowest BCUT2D eigenvalue weighted by Crippen LogP contribution is -2.41. The second-order valence-electron chi connectivity index (χ2n) is 6.93. The second kappa shape index (κ2) is 7.84. The Kier molecular flexibility index (Phi) is 7.52. The summed E-state index contributed by atoms with van der Waals surface area (Å²) < 4.78 is 10.7. The Morgan fingerprint density at radius 2 is 1.80 bits per heavy atom. The number of hydrogen-bond donors (Lipinski definition) is 1. The number of hydrogen-bond acceptors (Lipinski definition) is 4. The fourth-order valence-corrected chi connectivity index (χ4v) is 1.80. The van der Waals surface area contributed by atoms with Crippen molar-refractivity contribution < 1.29 is 14.3 Å². The lowest BCUT2D eigenvalue weighted by Gasteiger charge is -2.28. The summed E-state index contributed by atoms with van der Waals surface area (Å²) in [6.07, 6.45) is 0.629. The third kappa shape index (κ3) is 9.15. The minimum atomic E-state index is -0.450. The Morgan fingerprint density at radius 1 is 1.25 bits per heavy atom. The van der Waals surface area contributed by atoms with Crippen LogP contribution in [0.3, 0.4) is 0 Å². The Balaban J connectivity index is 3.97. The first-order chi connectivity index (χ1) is 8.97. The summed E-state index contributed by atoms with van der Waals surface area (Å²) in [5.41, 5.74) is -0.585. The van der Waals surface area contributed by atoms with Gasteiger partial charge in [-0.2, -0.15) is 0 Å². The van der Waals surface area contributed by atoms with E-state index in [4.69, 9.17) is 9.47 Å². The molecule has 5 heteroatoms. The monoisotopic (exact) mass is 288 g/mol. The number of amides is 1. The van der Waals surface area contributed by atoms with Gasteiger partial charge in [0, 0.05) is 33.3 Å². The van der Waals surface area contributed by atoms with E-state index < -0.39 is 5.60 Å². The Morgan fingerprint density at radius 3 is 2.25 bits per heavy atom. The zero-order valence-corrected chi connectivity index (χ0v) is 14.4.